The van der Waals surface area contributed by atoms with E-state index in [1.807, 2.05) is 6.26 Å². The molecule has 1 N–H and O–H groups in total. The molecule has 0 saturated carbocycles. The molecule has 0 aliphatic rings. The maximum absolute atomic E-state index is 10.7. The molecule has 1 aromatic heterocycles. The minimum Gasteiger partial charge on any atom is -0.324 e. The number of non-ortho nitro benzene ring substituents is 1. The van der Waals surface area contributed by atoms with Crippen molar-refractivity contribution in [3.63, 3.8) is 0 Å². The molecule has 0 amide bonds. The third kappa shape index (κ3) is 4.06. The van der Waals surface area contributed by atoms with Gasteiger partial charge in [-0.2, -0.15) is 0 Å². The second-order valence-electron chi connectivity index (χ2n) is 3.48. The predicted octanol–water partition coefficient (Wildman–Crippen LogP) is 4.03. The van der Waals surface area contributed by atoms with E-state index in [9.17, 15) is 10.1 Å². The monoisotopic (exact) mass is 376 g/mol. The molecule has 0 spiro atoms. The Labute approximate surface area is 134 Å². The number of halogens is 2. The standard InChI is InChI=1S/C11H9BrN4O2S.ClH/c1-19-10-9(12)6-13-11(15-10)14-7-3-2-4-8(5-7)16(17)18;/h2-6H,1H3,(H,13,14,15);1H. The second-order valence-corrected chi connectivity index (χ2v) is 5.13. The predicted molar refractivity (Wildman–Crippen MR) is 85.1 cm³/mol. The second kappa shape index (κ2) is 7.41. The molecule has 0 aliphatic heterocycles. The van der Waals surface area contributed by atoms with Crippen LogP contribution in [0.5, 0.6) is 0 Å². The Kier molecular flexibility index (Phi) is 6.18. The van der Waals surface area contributed by atoms with Crippen molar-refractivity contribution in [2.75, 3.05) is 11.6 Å². The molecule has 0 fully saturated rings. The van der Waals surface area contributed by atoms with E-state index in [4.69, 9.17) is 0 Å². The Balaban J connectivity index is 0.00000200. The molecule has 6 nitrogen and oxygen atoms in total. The SMILES string of the molecule is CSc1nc(Nc2cccc([N+](=O)[O-])c2)ncc1Br.Cl. The third-order valence-corrected chi connectivity index (χ3v) is 3.76. The summed E-state index contributed by atoms with van der Waals surface area (Å²) < 4.78 is 0.810. The molecular weight excluding hydrogens is 368 g/mol. The van der Waals surface area contributed by atoms with E-state index in [2.05, 4.69) is 31.2 Å². The number of nitrogens with zero attached hydrogens (tertiary/aromatic N) is 3. The summed E-state index contributed by atoms with van der Waals surface area (Å²) in [5.74, 6) is 0.396. The van der Waals surface area contributed by atoms with Crippen molar-refractivity contribution in [3.8, 4) is 0 Å². The van der Waals surface area contributed by atoms with Gasteiger partial charge in [-0.05, 0) is 28.3 Å². The van der Waals surface area contributed by atoms with E-state index in [-0.39, 0.29) is 18.1 Å². The summed E-state index contributed by atoms with van der Waals surface area (Å²) in [6, 6.07) is 6.19. The Morgan fingerprint density at radius 2 is 2.20 bits per heavy atom. The van der Waals surface area contributed by atoms with Crippen LogP contribution >= 0.6 is 40.1 Å². The number of nitrogens with one attached hydrogen (secondary N) is 1. The Hall–Kier alpha value is -1.38. The van der Waals surface area contributed by atoms with E-state index in [0.717, 1.165) is 9.50 Å². The van der Waals surface area contributed by atoms with Gasteiger partial charge < -0.3 is 5.32 Å². The lowest BCUT2D eigenvalue weighted by molar-refractivity contribution is -0.384. The summed E-state index contributed by atoms with van der Waals surface area (Å²) in [4.78, 5) is 18.6. The summed E-state index contributed by atoms with van der Waals surface area (Å²) >= 11 is 4.83. The highest BCUT2D eigenvalue weighted by Gasteiger charge is 2.08. The fourth-order valence-electron chi connectivity index (χ4n) is 1.38. The lowest BCUT2D eigenvalue weighted by atomic mass is 10.3. The van der Waals surface area contributed by atoms with Gasteiger partial charge in [-0.15, -0.1) is 24.2 Å². The maximum atomic E-state index is 10.7. The van der Waals surface area contributed by atoms with Crippen LogP contribution in [-0.2, 0) is 0 Å². The van der Waals surface area contributed by atoms with Crippen LogP contribution in [0.25, 0.3) is 0 Å². The van der Waals surface area contributed by atoms with Crippen molar-refractivity contribution in [3.05, 3.63) is 45.0 Å². The number of rotatable bonds is 4. The normalized spacial score (nSPS) is 9.70. The van der Waals surface area contributed by atoms with Gasteiger partial charge in [-0.3, -0.25) is 10.1 Å². The largest absolute Gasteiger partial charge is 0.324 e. The molecule has 2 rings (SSSR count). The zero-order chi connectivity index (χ0) is 13.8. The molecule has 0 saturated heterocycles. The van der Waals surface area contributed by atoms with Gasteiger partial charge in [0.1, 0.15) is 5.03 Å². The molecule has 1 aromatic carbocycles. The number of nitro groups is 1. The topological polar surface area (TPSA) is 81.0 Å². The molecule has 2 aromatic rings. The fraction of sp³-hybridized carbons (Fsp3) is 0.0909. The van der Waals surface area contributed by atoms with Gasteiger partial charge in [-0.25, -0.2) is 9.97 Å². The van der Waals surface area contributed by atoms with E-state index in [0.29, 0.717) is 11.6 Å². The molecule has 0 radical (unpaired) electrons. The molecule has 0 unspecified atom stereocenters. The first-order chi connectivity index (χ1) is 9.10. The van der Waals surface area contributed by atoms with Crippen LogP contribution in [-0.4, -0.2) is 21.1 Å². The fourth-order valence-corrected chi connectivity index (χ4v) is 2.48. The molecule has 106 valence electrons. The minimum absolute atomic E-state index is 0. The number of nitro benzene ring substituents is 1. The lowest BCUT2D eigenvalue weighted by Crippen LogP contribution is -1.98. The molecule has 0 atom stereocenters. The van der Waals surface area contributed by atoms with Crippen molar-refractivity contribution >= 4 is 57.4 Å². The van der Waals surface area contributed by atoms with Gasteiger partial charge in [0.15, 0.2) is 0 Å². The number of aromatic nitrogens is 2. The van der Waals surface area contributed by atoms with Gasteiger partial charge >= 0.3 is 0 Å². The van der Waals surface area contributed by atoms with Crippen LogP contribution in [0, 0.1) is 10.1 Å². The van der Waals surface area contributed by atoms with E-state index >= 15 is 0 Å². The van der Waals surface area contributed by atoms with Gasteiger partial charge in [0.05, 0.1) is 9.40 Å². The average Bonchev–Trinajstić information content (AvgIpc) is 2.41. The Bertz CT molecular complexity index is 629. The smallest absolute Gasteiger partial charge is 0.271 e. The summed E-state index contributed by atoms with van der Waals surface area (Å²) in [6.07, 6.45) is 3.54. The average molecular weight is 378 g/mol. The van der Waals surface area contributed by atoms with Crippen LogP contribution in [0.15, 0.2) is 40.0 Å². The van der Waals surface area contributed by atoms with Crippen molar-refractivity contribution in [2.45, 2.75) is 5.03 Å². The van der Waals surface area contributed by atoms with Crippen LogP contribution in [0.4, 0.5) is 17.3 Å². The van der Waals surface area contributed by atoms with Crippen LogP contribution in [0.1, 0.15) is 0 Å². The number of hydrogen-bond donors (Lipinski definition) is 1. The summed E-state index contributed by atoms with van der Waals surface area (Å²) in [6.45, 7) is 0. The first kappa shape index (κ1) is 16.7. The Morgan fingerprint density at radius 3 is 2.85 bits per heavy atom. The molecular formula is C11H10BrClN4O2S. The summed E-state index contributed by atoms with van der Waals surface area (Å²) in [5, 5.41) is 14.4. The zero-order valence-electron chi connectivity index (χ0n) is 10.2. The third-order valence-electron chi connectivity index (χ3n) is 2.22. The molecule has 9 heteroatoms. The maximum Gasteiger partial charge on any atom is 0.271 e. The van der Waals surface area contributed by atoms with E-state index in [1.54, 1.807) is 18.3 Å². The van der Waals surface area contributed by atoms with Gasteiger partial charge in [0.2, 0.25) is 5.95 Å². The van der Waals surface area contributed by atoms with Gasteiger partial charge in [0, 0.05) is 24.0 Å². The molecule has 0 aliphatic carbocycles. The molecule has 1 heterocycles. The minimum atomic E-state index is -0.444. The highest BCUT2D eigenvalue weighted by Crippen LogP contribution is 2.25. The molecule has 20 heavy (non-hydrogen) atoms. The van der Waals surface area contributed by atoms with Gasteiger partial charge in [0.25, 0.3) is 5.69 Å². The quantitative estimate of drug-likeness (QED) is 0.375. The van der Waals surface area contributed by atoms with Crippen molar-refractivity contribution < 1.29 is 4.92 Å². The zero-order valence-corrected chi connectivity index (χ0v) is 13.5. The first-order valence-corrected chi connectivity index (χ1v) is 7.20. The van der Waals surface area contributed by atoms with Gasteiger partial charge in [-0.1, -0.05) is 6.07 Å². The van der Waals surface area contributed by atoms with E-state index in [1.165, 1.54) is 23.9 Å². The number of hydrogen-bond acceptors (Lipinski definition) is 6. The summed E-state index contributed by atoms with van der Waals surface area (Å²) in [5.41, 5.74) is 0.593. The highest BCUT2D eigenvalue weighted by molar-refractivity contribution is 9.10. The van der Waals surface area contributed by atoms with Crippen molar-refractivity contribution in [1.29, 1.82) is 0 Å². The number of anilines is 2. The van der Waals surface area contributed by atoms with Crippen LogP contribution in [0.3, 0.4) is 0 Å². The summed E-state index contributed by atoms with van der Waals surface area (Å²) in [7, 11) is 0. The molecule has 0 bridgehead atoms. The van der Waals surface area contributed by atoms with Crippen LogP contribution in [0.2, 0.25) is 0 Å². The van der Waals surface area contributed by atoms with Crippen LogP contribution < -0.4 is 5.32 Å². The Morgan fingerprint density at radius 1 is 1.45 bits per heavy atom. The lowest BCUT2D eigenvalue weighted by Gasteiger charge is -2.06. The first-order valence-electron chi connectivity index (χ1n) is 5.18. The number of thioether (sulfide) groups is 1. The van der Waals surface area contributed by atoms with E-state index < -0.39 is 4.92 Å². The highest BCUT2D eigenvalue weighted by atomic mass is 79.9. The number of benzene rings is 1. The van der Waals surface area contributed by atoms with Crippen molar-refractivity contribution in [1.82, 2.24) is 9.97 Å². The van der Waals surface area contributed by atoms with Crippen molar-refractivity contribution in [2.24, 2.45) is 0 Å².